The van der Waals surface area contributed by atoms with E-state index in [1.807, 2.05) is 6.08 Å². The zero-order valence-electron chi connectivity index (χ0n) is 49.5. The van der Waals surface area contributed by atoms with E-state index in [1.54, 1.807) is 6.08 Å². The second kappa shape index (κ2) is 55.1. The van der Waals surface area contributed by atoms with Crippen LogP contribution in [0.1, 0.15) is 316 Å². The third-order valence-electron chi connectivity index (χ3n) is 15.6. The quantitative estimate of drug-likeness (QED) is 0.0195. The molecule has 7 atom stereocenters. The van der Waals surface area contributed by atoms with E-state index in [0.29, 0.717) is 19.4 Å². The molecule has 1 aliphatic rings. The average molecular weight is 1080 g/mol. The van der Waals surface area contributed by atoms with E-state index < -0.39 is 49.5 Å². The third-order valence-corrected chi connectivity index (χ3v) is 15.6. The molecule has 11 heteroatoms. The maximum atomic E-state index is 13.0. The number of unbranched alkanes of at least 4 members (excludes halogenated alkanes) is 41. The van der Waals surface area contributed by atoms with Crippen molar-refractivity contribution in [3.8, 4) is 0 Å². The van der Waals surface area contributed by atoms with Gasteiger partial charge in [0.15, 0.2) is 6.29 Å². The van der Waals surface area contributed by atoms with Crippen LogP contribution in [0.5, 0.6) is 0 Å². The van der Waals surface area contributed by atoms with Crippen LogP contribution in [0.25, 0.3) is 0 Å². The number of hydrogen-bond donors (Lipinski definition) is 6. The summed E-state index contributed by atoms with van der Waals surface area (Å²) in [6, 6.07) is -0.813. The van der Waals surface area contributed by atoms with Gasteiger partial charge in [0.1, 0.15) is 24.4 Å². The number of aliphatic hydroxyl groups is 5. The van der Waals surface area contributed by atoms with Crippen LogP contribution >= 0.6 is 0 Å². The maximum absolute atomic E-state index is 13.0. The number of nitrogens with one attached hydrogen (secondary N) is 1. The van der Waals surface area contributed by atoms with Crippen LogP contribution in [0.3, 0.4) is 0 Å². The molecular formula is C65H123NO10. The van der Waals surface area contributed by atoms with Crippen molar-refractivity contribution in [2.45, 2.75) is 358 Å². The Bertz CT molecular complexity index is 1310. The van der Waals surface area contributed by atoms with Gasteiger partial charge in [-0.15, -0.1) is 0 Å². The summed E-state index contributed by atoms with van der Waals surface area (Å²) >= 11 is 0. The molecule has 1 fully saturated rings. The topological polar surface area (TPSA) is 175 Å². The van der Waals surface area contributed by atoms with Crippen LogP contribution in [-0.4, -0.2) is 100 Å². The molecule has 76 heavy (non-hydrogen) atoms. The molecule has 0 radical (unpaired) electrons. The number of aliphatic hydroxyl groups excluding tert-OH is 5. The molecule has 1 saturated heterocycles. The lowest BCUT2D eigenvalue weighted by Crippen LogP contribution is -2.60. The molecule has 1 amide bonds. The Kier molecular flexibility index (Phi) is 52.3. The van der Waals surface area contributed by atoms with E-state index in [2.05, 4.69) is 31.3 Å². The van der Waals surface area contributed by atoms with Crippen LogP contribution in [0.4, 0.5) is 0 Å². The molecule has 11 nitrogen and oxygen atoms in total. The van der Waals surface area contributed by atoms with Crippen molar-refractivity contribution in [1.29, 1.82) is 0 Å². The van der Waals surface area contributed by atoms with Crippen molar-refractivity contribution in [2.75, 3.05) is 19.8 Å². The van der Waals surface area contributed by atoms with Gasteiger partial charge in [-0.1, -0.05) is 269 Å². The summed E-state index contributed by atoms with van der Waals surface area (Å²) in [6.45, 7) is 4.33. The zero-order valence-corrected chi connectivity index (χ0v) is 49.5. The van der Waals surface area contributed by atoms with E-state index in [4.69, 9.17) is 14.2 Å². The van der Waals surface area contributed by atoms with Gasteiger partial charge in [-0.2, -0.15) is 0 Å². The molecule has 0 saturated carbocycles. The summed E-state index contributed by atoms with van der Waals surface area (Å²) in [7, 11) is 0. The molecule has 0 aromatic carbocycles. The van der Waals surface area contributed by atoms with Crippen LogP contribution in [0, 0.1) is 0 Å². The summed E-state index contributed by atoms with van der Waals surface area (Å²) in [5.74, 6) is -0.186. The SMILES string of the molecule is CCCCCCCCC/C=C/C(O)C(COC1OC(CO)C(O)C(O)C1O)NC(=O)CCCCCCCCC/C=C\CCCCCCCCCCCCCCOC(=O)CCCCCCCCCCCCCCCCCC. The Morgan fingerprint density at radius 2 is 0.842 bits per heavy atom. The van der Waals surface area contributed by atoms with Crippen LogP contribution in [-0.2, 0) is 23.8 Å². The first kappa shape index (κ1) is 72.2. The molecule has 1 heterocycles. The van der Waals surface area contributed by atoms with Gasteiger partial charge in [-0.05, 0) is 57.8 Å². The van der Waals surface area contributed by atoms with Gasteiger partial charge in [-0.25, -0.2) is 0 Å². The van der Waals surface area contributed by atoms with E-state index in [-0.39, 0.29) is 18.5 Å². The maximum Gasteiger partial charge on any atom is 0.305 e. The molecule has 0 aromatic rings. The molecule has 1 aliphatic heterocycles. The van der Waals surface area contributed by atoms with Crippen molar-refractivity contribution < 1.29 is 49.3 Å². The highest BCUT2D eigenvalue weighted by molar-refractivity contribution is 5.76. The van der Waals surface area contributed by atoms with Crippen molar-refractivity contribution in [3.63, 3.8) is 0 Å². The van der Waals surface area contributed by atoms with Crippen molar-refractivity contribution in [2.24, 2.45) is 0 Å². The van der Waals surface area contributed by atoms with Crippen LogP contribution < -0.4 is 5.32 Å². The Labute approximate surface area is 467 Å². The minimum atomic E-state index is -1.57. The van der Waals surface area contributed by atoms with Crippen LogP contribution in [0.15, 0.2) is 24.3 Å². The predicted molar refractivity (Wildman–Crippen MR) is 315 cm³/mol. The third kappa shape index (κ3) is 44.0. The van der Waals surface area contributed by atoms with Gasteiger partial charge in [0.2, 0.25) is 5.91 Å². The smallest absolute Gasteiger partial charge is 0.305 e. The molecular weight excluding hydrogens is 955 g/mol. The minimum Gasteiger partial charge on any atom is -0.466 e. The number of ether oxygens (including phenoxy) is 3. The number of allylic oxidation sites excluding steroid dienone is 3. The van der Waals surface area contributed by atoms with E-state index >= 15 is 0 Å². The number of amides is 1. The fourth-order valence-corrected chi connectivity index (χ4v) is 10.4. The number of carbonyl (C=O) groups is 2. The van der Waals surface area contributed by atoms with Crippen molar-refractivity contribution in [3.05, 3.63) is 24.3 Å². The monoisotopic (exact) mass is 1080 g/mol. The minimum absolute atomic E-state index is 0.00345. The lowest BCUT2D eigenvalue weighted by Gasteiger charge is -2.40. The largest absolute Gasteiger partial charge is 0.466 e. The summed E-state index contributed by atoms with van der Waals surface area (Å²) in [4.78, 5) is 25.1. The Morgan fingerprint density at radius 3 is 1.26 bits per heavy atom. The van der Waals surface area contributed by atoms with Gasteiger partial charge >= 0.3 is 5.97 Å². The van der Waals surface area contributed by atoms with Gasteiger partial charge in [-0.3, -0.25) is 9.59 Å². The summed E-state index contributed by atoms with van der Waals surface area (Å²) in [6.07, 6.45) is 57.3. The lowest BCUT2D eigenvalue weighted by molar-refractivity contribution is -0.302. The molecule has 6 N–H and O–H groups in total. The Balaban J connectivity index is 1.97. The molecule has 0 spiro atoms. The molecule has 0 aromatic heterocycles. The Morgan fingerprint density at radius 1 is 0.474 bits per heavy atom. The number of hydrogen-bond acceptors (Lipinski definition) is 10. The first-order valence-corrected chi connectivity index (χ1v) is 32.6. The highest BCUT2D eigenvalue weighted by Crippen LogP contribution is 2.23. The first-order chi connectivity index (χ1) is 37.2. The van der Waals surface area contributed by atoms with E-state index in [9.17, 15) is 35.1 Å². The first-order valence-electron chi connectivity index (χ1n) is 32.6. The average Bonchev–Trinajstić information content (AvgIpc) is 3.42. The highest BCUT2D eigenvalue weighted by atomic mass is 16.7. The van der Waals surface area contributed by atoms with E-state index in [0.717, 1.165) is 70.6 Å². The summed E-state index contributed by atoms with van der Waals surface area (Å²) in [5.41, 5.74) is 0. The number of carbonyl (C=O) groups excluding carboxylic acids is 2. The second-order valence-corrected chi connectivity index (χ2v) is 22.8. The predicted octanol–water partition coefficient (Wildman–Crippen LogP) is 15.7. The number of esters is 1. The normalized spacial score (nSPS) is 18.8. The fraction of sp³-hybridized carbons (Fsp3) is 0.908. The molecule has 1 rings (SSSR count). The van der Waals surface area contributed by atoms with E-state index in [1.165, 1.54) is 218 Å². The zero-order chi connectivity index (χ0) is 55.2. The van der Waals surface area contributed by atoms with Gasteiger partial charge in [0.05, 0.1) is 32.0 Å². The van der Waals surface area contributed by atoms with Crippen molar-refractivity contribution >= 4 is 11.9 Å². The van der Waals surface area contributed by atoms with Gasteiger partial charge < -0.3 is 45.1 Å². The Hall–Kier alpha value is -1.86. The summed E-state index contributed by atoms with van der Waals surface area (Å²) in [5, 5.41) is 54.2. The van der Waals surface area contributed by atoms with Gasteiger partial charge in [0.25, 0.3) is 0 Å². The molecule has 7 unspecified atom stereocenters. The molecule has 448 valence electrons. The van der Waals surface area contributed by atoms with Gasteiger partial charge in [0, 0.05) is 12.8 Å². The second-order valence-electron chi connectivity index (χ2n) is 22.8. The summed E-state index contributed by atoms with van der Waals surface area (Å²) < 4.78 is 16.7. The number of rotatable bonds is 57. The fourth-order valence-electron chi connectivity index (χ4n) is 10.4. The molecule has 0 bridgehead atoms. The van der Waals surface area contributed by atoms with Crippen LogP contribution in [0.2, 0.25) is 0 Å². The highest BCUT2D eigenvalue weighted by Gasteiger charge is 2.44. The lowest BCUT2D eigenvalue weighted by atomic mass is 9.99. The molecule has 0 aliphatic carbocycles. The van der Waals surface area contributed by atoms with Crippen molar-refractivity contribution in [1.82, 2.24) is 5.32 Å². The standard InChI is InChI=1S/C65H123NO10/c1-3-5-7-9-11-13-14-15-16-27-30-33-37-41-45-49-53-61(70)74-54-50-46-42-38-34-31-28-25-23-21-19-17-18-20-22-24-26-29-32-36-40-44-48-52-60(69)66-57(58(68)51-47-43-39-35-12-10-8-6-4-2)56-75-65-64(73)63(72)62(71)59(55-67)76-65/h20,22,47,51,57-59,62-65,67-68,71-73H,3-19,21,23-46,48-50,52-56H2,1-2H3,(H,66,69)/b22-20-,51-47+.